The third-order valence-electron chi connectivity index (χ3n) is 5.91. The number of rotatable bonds is 13. The highest BCUT2D eigenvalue weighted by molar-refractivity contribution is 5.15. The SMILES string of the molecule is CCO[C@@H]1O[C@H]([C@H](COCc2ccccc2)OCc2ccccc2)[C@@H](OCc2ccccc2)[C@@H]1O. The second kappa shape index (κ2) is 13.5. The molecule has 6 nitrogen and oxygen atoms in total. The van der Waals surface area contributed by atoms with E-state index in [4.69, 9.17) is 23.7 Å². The molecule has 0 radical (unpaired) electrons. The molecule has 6 heteroatoms. The first-order valence-corrected chi connectivity index (χ1v) is 12.1. The van der Waals surface area contributed by atoms with E-state index in [2.05, 4.69) is 0 Å². The number of ether oxygens (including phenoxy) is 5. The van der Waals surface area contributed by atoms with Crippen molar-refractivity contribution in [1.29, 1.82) is 0 Å². The summed E-state index contributed by atoms with van der Waals surface area (Å²) in [5, 5.41) is 11.0. The lowest BCUT2D eigenvalue weighted by atomic mass is 10.1. The number of aliphatic hydroxyl groups is 1. The third-order valence-corrected chi connectivity index (χ3v) is 5.91. The van der Waals surface area contributed by atoms with Crippen LogP contribution in [0.4, 0.5) is 0 Å². The second-order valence-electron chi connectivity index (χ2n) is 8.51. The van der Waals surface area contributed by atoms with E-state index in [0.717, 1.165) is 16.7 Å². The molecule has 0 aliphatic carbocycles. The molecule has 0 saturated carbocycles. The van der Waals surface area contributed by atoms with Gasteiger partial charge in [-0.1, -0.05) is 91.0 Å². The fourth-order valence-electron chi connectivity index (χ4n) is 4.11. The molecule has 5 atom stereocenters. The predicted molar refractivity (Wildman–Crippen MR) is 132 cm³/mol. The minimum atomic E-state index is -0.944. The molecule has 0 aromatic heterocycles. The van der Waals surface area contributed by atoms with E-state index in [1.165, 1.54) is 0 Å². The third kappa shape index (κ3) is 7.45. The maximum atomic E-state index is 11.0. The Morgan fingerprint density at radius 1 is 0.743 bits per heavy atom. The molecule has 1 fully saturated rings. The number of benzene rings is 3. The molecular weight excluding hydrogens is 444 g/mol. The zero-order valence-corrected chi connectivity index (χ0v) is 20.1. The number of hydrogen-bond donors (Lipinski definition) is 1. The van der Waals surface area contributed by atoms with Gasteiger partial charge in [-0.2, -0.15) is 0 Å². The van der Waals surface area contributed by atoms with Gasteiger partial charge in [0.15, 0.2) is 6.29 Å². The van der Waals surface area contributed by atoms with E-state index < -0.39 is 30.7 Å². The summed E-state index contributed by atoms with van der Waals surface area (Å²) in [4.78, 5) is 0. The first-order chi connectivity index (χ1) is 17.2. The van der Waals surface area contributed by atoms with Gasteiger partial charge in [-0.3, -0.25) is 0 Å². The van der Waals surface area contributed by atoms with Crippen LogP contribution in [0.15, 0.2) is 91.0 Å². The summed E-state index contributed by atoms with van der Waals surface area (Å²) in [6.07, 6.45) is -3.40. The van der Waals surface area contributed by atoms with E-state index in [0.29, 0.717) is 26.4 Å². The average molecular weight is 479 g/mol. The van der Waals surface area contributed by atoms with Gasteiger partial charge in [0, 0.05) is 6.61 Å². The van der Waals surface area contributed by atoms with Gasteiger partial charge in [0.2, 0.25) is 0 Å². The lowest BCUT2D eigenvalue weighted by Crippen LogP contribution is -2.44. The van der Waals surface area contributed by atoms with Gasteiger partial charge in [0.05, 0.1) is 26.4 Å². The normalized spacial score (nSPS) is 22.8. The predicted octanol–water partition coefficient (Wildman–Crippen LogP) is 4.50. The maximum Gasteiger partial charge on any atom is 0.186 e. The lowest BCUT2D eigenvalue weighted by Gasteiger charge is -2.28. The molecule has 1 aliphatic rings. The Bertz CT molecular complexity index is 968. The van der Waals surface area contributed by atoms with Crippen LogP contribution in [-0.4, -0.2) is 49.0 Å². The largest absolute Gasteiger partial charge is 0.385 e. The van der Waals surface area contributed by atoms with Crippen molar-refractivity contribution in [1.82, 2.24) is 0 Å². The smallest absolute Gasteiger partial charge is 0.186 e. The van der Waals surface area contributed by atoms with Crippen LogP contribution in [0.1, 0.15) is 23.6 Å². The van der Waals surface area contributed by atoms with Crippen molar-refractivity contribution in [2.45, 2.75) is 57.5 Å². The van der Waals surface area contributed by atoms with E-state index in [1.807, 2.05) is 97.9 Å². The van der Waals surface area contributed by atoms with Crippen molar-refractivity contribution in [3.8, 4) is 0 Å². The van der Waals surface area contributed by atoms with Crippen molar-refractivity contribution < 1.29 is 28.8 Å². The molecule has 1 N–H and O–H groups in total. The summed E-state index contributed by atoms with van der Waals surface area (Å²) in [7, 11) is 0. The summed E-state index contributed by atoms with van der Waals surface area (Å²) < 4.78 is 30.4. The van der Waals surface area contributed by atoms with Gasteiger partial charge in [-0.25, -0.2) is 0 Å². The highest BCUT2D eigenvalue weighted by Crippen LogP contribution is 2.30. The van der Waals surface area contributed by atoms with Gasteiger partial charge in [-0.05, 0) is 23.6 Å². The molecule has 4 rings (SSSR count). The molecule has 0 unspecified atom stereocenters. The summed E-state index contributed by atoms with van der Waals surface area (Å²) in [5.74, 6) is 0. The minimum Gasteiger partial charge on any atom is -0.385 e. The van der Waals surface area contributed by atoms with Gasteiger partial charge in [0.1, 0.15) is 24.4 Å². The van der Waals surface area contributed by atoms with Crippen LogP contribution in [0.25, 0.3) is 0 Å². The van der Waals surface area contributed by atoms with E-state index in [9.17, 15) is 5.11 Å². The topological polar surface area (TPSA) is 66.4 Å². The Hall–Kier alpha value is -2.58. The number of aliphatic hydroxyl groups excluding tert-OH is 1. The Morgan fingerprint density at radius 3 is 1.86 bits per heavy atom. The van der Waals surface area contributed by atoms with Crippen molar-refractivity contribution in [2.75, 3.05) is 13.2 Å². The van der Waals surface area contributed by atoms with Gasteiger partial charge in [-0.15, -0.1) is 0 Å². The Labute approximate surface area is 207 Å². The van der Waals surface area contributed by atoms with Gasteiger partial charge in [0.25, 0.3) is 0 Å². The molecule has 1 saturated heterocycles. The Morgan fingerprint density at radius 2 is 1.29 bits per heavy atom. The summed E-state index contributed by atoms with van der Waals surface area (Å²) in [6, 6.07) is 29.8. The standard InChI is InChI=1S/C29H34O6/c1-2-32-29-26(30)28(34-20-24-16-10-5-11-17-24)27(35-29)25(33-19-23-14-8-4-9-15-23)21-31-18-22-12-6-3-7-13-22/h3-17,25-30H,2,18-21H2,1H3/t25-,26-,27+,28-,29+/m0/s1. The van der Waals surface area contributed by atoms with E-state index >= 15 is 0 Å². The molecule has 0 amide bonds. The monoisotopic (exact) mass is 478 g/mol. The second-order valence-corrected chi connectivity index (χ2v) is 8.51. The van der Waals surface area contributed by atoms with Crippen LogP contribution in [-0.2, 0) is 43.5 Å². The van der Waals surface area contributed by atoms with Crippen LogP contribution < -0.4 is 0 Å². The highest BCUT2D eigenvalue weighted by atomic mass is 16.7. The van der Waals surface area contributed by atoms with E-state index in [1.54, 1.807) is 0 Å². The average Bonchev–Trinajstić information content (AvgIpc) is 3.21. The maximum absolute atomic E-state index is 11.0. The van der Waals surface area contributed by atoms with Crippen LogP contribution >= 0.6 is 0 Å². The van der Waals surface area contributed by atoms with Crippen molar-refractivity contribution in [3.05, 3.63) is 108 Å². The molecule has 3 aromatic rings. The first kappa shape index (κ1) is 25.5. The van der Waals surface area contributed by atoms with Crippen LogP contribution in [0.3, 0.4) is 0 Å². The van der Waals surface area contributed by atoms with Gasteiger partial charge < -0.3 is 28.8 Å². The summed E-state index contributed by atoms with van der Waals surface area (Å²) >= 11 is 0. The molecular formula is C29H34O6. The van der Waals surface area contributed by atoms with Crippen LogP contribution in [0.2, 0.25) is 0 Å². The fraction of sp³-hybridized carbons (Fsp3) is 0.379. The first-order valence-electron chi connectivity index (χ1n) is 12.1. The van der Waals surface area contributed by atoms with Crippen LogP contribution in [0, 0.1) is 0 Å². The fourth-order valence-corrected chi connectivity index (χ4v) is 4.11. The summed E-state index contributed by atoms with van der Waals surface area (Å²) in [6.45, 7) is 3.75. The molecule has 35 heavy (non-hydrogen) atoms. The van der Waals surface area contributed by atoms with E-state index in [-0.39, 0.29) is 6.61 Å². The zero-order valence-electron chi connectivity index (χ0n) is 20.1. The molecule has 3 aromatic carbocycles. The summed E-state index contributed by atoms with van der Waals surface area (Å²) in [5.41, 5.74) is 3.13. The Balaban J connectivity index is 1.48. The highest BCUT2D eigenvalue weighted by Gasteiger charge is 2.49. The van der Waals surface area contributed by atoms with Gasteiger partial charge >= 0.3 is 0 Å². The number of hydrogen-bond acceptors (Lipinski definition) is 6. The molecule has 0 spiro atoms. The molecule has 1 aliphatic heterocycles. The molecule has 0 bridgehead atoms. The quantitative estimate of drug-likeness (QED) is 0.390. The Kier molecular flexibility index (Phi) is 9.84. The van der Waals surface area contributed by atoms with Crippen LogP contribution in [0.5, 0.6) is 0 Å². The zero-order chi connectivity index (χ0) is 24.3. The van der Waals surface area contributed by atoms with Crippen molar-refractivity contribution in [2.24, 2.45) is 0 Å². The van der Waals surface area contributed by atoms with Crippen molar-refractivity contribution in [3.63, 3.8) is 0 Å². The minimum absolute atomic E-state index is 0.281. The molecule has 186 valence electrons. The molecule has 1 heterocycles. The lowest BCUT2D eigenvalue weighted by molar-refractivity contribution is -0.189. The van der Waals surface area contributed by atoms with Crippen molar-refractivity contribution >= 4 is 0 Å².